The average molecular weight is 155 g/mol. The van der Waals surface area contributed by atoms with E-state index in [2.05, 4.69) is 0 Å². The molecule has 0 amide bonds. The van der Waals surface area contributed by atoms with Crippen LogP contribution in [0, 0.1) is 0 Å². The van der Waals surface area contributed by atoms with E-state index in [1.54, 1.807) is 6.26 Å². The van der Waals surface area contributed by atoms with Gasteiger partial charge in [-0.2, -0.15) is 0 Å². The maximum atomic E-state index is 4.92. The fraction of sp³-hybridized carbons (Fsp3) is 0.286. The standard InChI is InChI=1S/C7H9NOS/c1-8(2)5-6-3-4-9-7(6)10/h3-5H,1-2H3. The molecule has 0 fully saturated rings. The summed E-state index contributed by atoms with van der Waals surface area (Å²) >= 11 is 4.88. The lowest BCUT2D eigenvalue weighted by Crippen LogP contribution is -2.04. The Balaban J connectivity index is 2.72. The molecule has 54 valence electrons. The summed E-state index contributed by atoms with van der Waals surface area (Å²) in [5, 5.41) is 0.550. The van der Waals surface area contributed by atoms with Gasteiger partial charge in [-0.25, -0.2) is 0 Å². The molecule has 0 atom stereocenters. The van der Waals surface area contributed by atoms with Gasteiger partial charge in [0.2, 0.25) is 0 Å². The van der Waals surface area contributed by atoms with E-state index >= 15 is 0 Å². The molecular weight excluding hydrogens is 146 g/mol. The summed E-state index contributed by atoms with van der Waals surface area (Å²) in [5.41, 5.74) is 0.958. The molecule has 2 nitrogen and oxygen atoms in total. The van der Waals surface area contributed by atoms with Crippen LogP contribution in [-0.4, -0.2) is 24.0 Å². The lowest BCUT2D eigenvalue weighted by molar-refractivity contribution is 0.498. The fourth-order valence-corrected chi connectivity index (χ4v) is 0.855. The summed E-state index contributed by atoms with van der Waals surface area (Å²) in [5.74, 6) is 0. The summed E-state index contributed by atoms with van der Waals surface area (Å²) < 4.78 is 4.92. The van der Waals surface area contributed by atoms with Crippen LogP contribution in [0.1, 0.15) is 0 Å². The number of thiocarbonyl (C=S) groups is 1. The van der Waals surface area contributed by atoms with Gasteiger partial charge in [0.05, 0.1) is 6.26 Å². The molecule has 1 rings (SSSR count). The van der Waals surface area contributed by atoms with Gasteiger partial charge in [-0.1, -0.05) is 0 Å². The third-order valence-corrected chi connectivity index (χ3v) is 1.39. The van der Waals surface area contributed by atoms with Crippen LogP contribution in [0.25, 0.3) is 0 Å². The van der Waals surface area contributed by atoms with E-state index in [0.717, 1.165) is 5.57 Å². The van der Waals surface area contributed by atoms with Gasteiger partial charge in [0, 0.05) is 25.9 Å². The van der Waals surface area contributed by atoms with E-state index in [4.69, 9.17) is 17.0 Å². The summed E-state index contributed by atoms with van der Waals surface area (Å²) in [4.78, 5) is 1.93. The Labute approximate surface area is 65.8 Å². The Morgan fingerprint density at radius 2 is 2.30 bits per heavy atom. The molecule has 0 aromatic rings. The molecule has 0 bridgehead atoms. The van der Waals surface area contributed by atoms with Crippen LogP contribution >= 0.6 is 12.2 Å². The molecule has 0 aromatic heterocycles. The van der Waals surface area contributed by atoms with Gasteiger partial charge >= 0.3 is 0 Å². The smallest absolute Gasteiger partial charge is 0.198 e. The summed E-state index contributed by atoms with van der Waals surface area (Å²) in [6.45, 7) is 0. The first-order valence-corrected chi connectivity index (χ1v) is 3.37. The monoisotopic (exact) mass is 155 g/mol. The van der Waals surface area contributed by atoms with E-state index in [-0.39, 0.29) is 0 Å². The van der Waals surface area contributed by atoms with Gasteiger partial charge in [-0.3, -0.25) is 0 Å². The highest BCUT2D eigenvalue weighted by atomic mass is 32.1. The number of rotatable bonds is 1. The van der Waals surface area contributed by atoms with Crippen molar-refractivity contribution in [3.8, 4) is 0 Å². The second-order valence-corrected chi connectivity index (χ2v) is 2.63. The van der Waals surface area contributed by atoms with Crippen molar-refractivity contribution < 1.29 is 4.74 Å². The molecule has 0 saturated carbocycles. The van der Waals surface area contributed by atoms with Crippen molar-refractivity contribution in [2.45, 2.75) is 0 Å². The van der Waals surface area contributed by atoms with Crippen molar-refractivity contribution in [2.75, 3.05) is 14.1 Å². The van der Waals surface area contributed by atoms with Gasteiger partial charge in [-0.05, 0) is 18.3 Å². The average Bonchev–Trinajstić information content (AvgIpc) is 2.15. The molecule has 3 heteroatoms. The highest BCUT2D eigenvalue weighted by Gasteiger charge is 2.07. The maximum Gasteiger partial charge on any atom is 0.198 e. The molecule has 0 unspecified atom stereocenters. The number of hydrogen-bond donors (Lipinski definition) is 0. The minimum Gasteiger partial charge on any atom is -0.453 e. The van der Waals surface area contributed by atoms with Crippen molar-refractivity contribution in [3.05, 3.63) is 24.1 Å². The third kappa shape index (κ3) is 1.57. The van der Waals surface area contributed by atoms with Crippen LogP contribution in [0.2, 0.25) is 0 Å². The van der Waals surface area contributed by atoms with Crippen LogP contribution in [0.15, 0.2) is 24.1 Å². The predicted octanol–water partition coefficient (Wildman–Crippen LogP) is 1.30. The Hall–Kier alpha value is -0.830. The SMILES string of the molecule is CN(C)C=C1C=COC1=S. The van der Waals surface area contributed by atoms with Gasteiger partial charge in [0.25, 0.3) is 0 Å². The van der Waals surface area contributed by atoms with Crippen LogP contribution < -0.4 is 0 Å². The molecule has 0 spiro atoms. The Kier molecular flexibility index (Phi) is 2.06. The molecule has 0 radical (unpaired) electrons. The molecular formula is C7H9NOS. The van der Waals surface area contributed by atoms with Crippen molar-refractivity contribution in [2.24, 2.45) is 0 Å². The van der Waals surface area contributed by atoms with Crippen LogP contribution in [-0.2, 0) is 4.74 Å². The van der Waals surface area contributed by atoms with E-state index in [1.807, 2.05) is 31.3 Å². The largest absolute Gasteiger partial charge is 0.453 e. The number of ether oxygens (including phenoxy) is 1. The molecule has 10 heavy (non-hydrogen) atoms. The lowest BCUT2D eigenvalue weighted by Gasteiger charge is -2.04. The molecule has 1 aliphatic rings. The van der Waals surface area contributed by atoms with Crippen molar-refractivity contribution >= 4 is 17.3 Å². The molecule has 0 aliphatic carbocycles. The molecule has 0 N–H and O–H groups in total. The van der Waals surface area contributed by atoms with E-state index in [1.165, 1.54) is 0 Å². The lowest BCUT2D eigenvalue weighted by atomic mass is 10.3. The van der Waals surface area contributed by atoms with E-state index in [9.17, 15) is 0 Å². The first-order valence-electron chi connectivity index (χ1n) is 2.96. The third-order valence-electron chi connectivity index (χ3n) is 1.06. The van der Waals surface area contributed by atoms with E-state index in [0.29, 0.717) is 5.05 Å². The van der Waals surface area contributed by atoms with Gasteiger partial charge in [0.1, 0.15) is 0 Å². The quantitative estimate of drug-likeness (QED) is 0.418. The van der Waals surface area contributed by atoms with E-state index < -0.39 is 0 Å². The highest BCUT2D eigenvalue weighted by molar-refractivity contribution is 7.80. The van der Waals surface area contributed by atoms with Crippen LogP contribution in [0.3, 0.4) is 0 Å². The zero-order valence-corrected chi connectivity index (χ0v) is 6.81. The number of nitrogens with zero attached hydrogens (tertiary/aromatic N) is 1. The van der Waals surface area contributed by atoms with Gasteiger partial charge in [-0.15, -0.1) is 0 Å². The van der Waals surface area contributed by atoms with Crippen LogP contribution in [0.4, 0.5) is 0 Å². The number of hydrogen-bond acceptors (Lipinski definition) is 3. The van der Waals surface area contributed by atoms with Gasteiger partial charge < -0.3 is 9.64 Å². The summed E-state index contributed by atoms with van der Waals surface area (Å²) in [6, 6.07) is 0. The second kappa shape index (κ2) is 2.84. The normalized spacial score (nSPS) is 19.8. The Morgan fingerprint density at radius 1 is 1.60 bits per heavy atom. The second-order valence-electron chi connectivity index (χ2n) is 2.26. The minimum atomic E-state index is 0.550. The first-order chi connectivity index (χ1) is 4.70. The molecule has 1 aliphatic heterocycles. The Bertz CT molecular complexity index is 206. The van der Waals surface area contributed by atoms with Crippen molar-refractivity contribution in [1.29, 1.82) is 0 Å². The van der Waals surface area contributed by atoms with Crippen molar-refractivity contribution in [3.63, 3.8) is 0 Å². The summed E-state index contributed by atoms with van der Waals surface area (Å²) in [6.07, 6.45) is 5.37. The zero-order chi connectivity index (χ0) is 7.56. The summed E-state index contributed by atoms with van der Waals surface area (Å²) in [7, 11) is 3.89. The van der Waals surface area contributed by atoms with Gasteiger partial charge in [0.15, 0.2) is 5.05 Å². The highest BCUT2D eigenvalue weighted by Crippen LogP contribution is 2.10. The molecule has 0 saturated heterocycles. The van der Waals surface area contributed by atoms with Crippen molar-refractivity contribution in [1.82, 2.24) is 4.90 Å². The topological polar surface area (TPSA) is 12.5 Å². The van der Waals surface area contributed by atoms with Crippen LogP contribution in [0.5, 0.6) is 0 Å². The molecule has 1 heterocycles. The zero-order valence-electron chi connectivity index (χ0n) is 6.00. The maximum absolute atomic E-state index is 4.92. The first kappa shape index (κ1) is 7.28. The predicted molar refractivity (Wildman–Crippen MR) is 44.6 cm³/mol. The molecule has 0 aromatic carbocycles. The fourth-order valence-electron chi connectivity index (χ4n) is 0.679. The Morgan fingerprint density at radius 3 is 2.70 bits per heavy atom. The minimum absolute atomic E-state index is 0.550.